The fraction of sp³-hybridized carbons (Fsp3) is 0.0909. The molecule has 26 heavy (non-hydrogen) atoms. The quantitative estimate of drug-likeness (QED) is 0.451. The summed E-state index contributed by atoms with van der Waals surface area (Å²) in [6, 6.07) is 24.6. The lowest BCUT2D eigenvalue weighted by molar-refractivity contribution is 0.0520. The summed E-state index contributed by atoms with van der Waals surface area (Å²) < 4.78 is 6.18. The van der Waals surface area contributed by atoms with Crippen LogP contribution in [0, 0.1) is 0 Å². The second-order valence-electron chi connectivity index (χ2n) is 6.46. The minimum Gasteiger partial charge on any atom is -0.356 e. The Morgan fingerprint density at radius 3 is 2.62 bits per heavy atom. The van der Waals surface area contributed by atoms with E-state index < -0.39 is 0 Å². The van der Waals surface area contributed by atoms with Crippen LogP contribution < -0.4 is 5.32 Å². The van der Waals surface area contributed by atoms with E-state index >= 15 is 0 Å². The van der Waals surface area contributed by atoms with Crippen molar-refractivity contribution in [1.82, 2.24) is 4.98 Å². The standard InChI is InChI=1S/C22H17ClN2O/c23-16-10-11-18-15(12-16)13-26-22(25-18)20-17-8-4-5-9-19(17)24-21(20)14-6-2-1-3-7-14/h1-12,22,24-25H,13H2. The van der Waals surface area contributed by atoms with Gasteiger partial charge in [0, 0.05) is 32.7 Å². The summed E-state index contributed by atoms with van der Waals surface area (Å²) in [5.41, 5.74) is 6.61. The Kier molecular flexibility index (Phi) is 3.70. The Morgan fingerprint density at radius 1 is 0.923 bits per heavy atom. The average molecular weight is 361 g/mol. The summed E-state index contributed by atoms with van der Waals surface area (Å²) in [5, 5.41) is 5.42. The second-order valence-corrected chi connectivity index (χ2v) is 6.90. The van der Waals surface area contributed by atoms with Crippen LogP contribution >= 0.6 is 11.6 Å². The van der Waals surface area contributed by atoms with E-state index in [1.165, 1.54) is 5.39 Å². The maximum atomic E-state index is 6.18. The number of aromatic amines is 1. The SMILES string of the molecule is Clc1ccc2c(c1)COC(c1c(-c3ccccc3)[nH]c3ccccc13)N2. The lowest BCUT2D eigenvalue weighted by Gasteiger charge is -2.28. The predicted octanol–water partition coefficient (Wildman–Crippen LogP) is 6.13. The highest BCUT2D eigenvalue weighted by Gasteiger charge is 2.26. The molecule has 0 bridgehead atoms. The number of anilines is 1. The Balaban J connectivity index is 1.65. The molecule has 0 aliphatic carbocycles. The van der Waals surface area contributed by atoms with Crippen LogP contribution in [0.3, 0.4) is 0 Å². The Labute approximate surface area is 156 Å². The first kappa shape index (κ1) is 15.5. The molecule has 1 unspecified atom stereocenters. The van der Waals surface area contributed by atoms with Crippen molar-refractivity contribution in [3.8, 4) is 11.3 Å². The third-order valence-corrected chi connectivity index (χ3v) is 5.07. The summed E-state index contributed by atoms with van der Waals surface area (Å²) in [5.74, 6) is 0. The van der Waals surface area contributed by atoms with Gasteiger partial charge in [-0.25, -0.2) is 0 Å². The fourth-order valence-electron chi connectivity index (χ4n) is 3.60. The van der Waals surface area contributed by atoms with E-state index in [0.29, 0.717) is 6.61 Å². The van der Waals surface area contributed by atoms with Gasteiger partial charge in [-0.05, 0) is 29.8 Å². The normalized spacial score (nSPS) is 16.3. The van der Waals surface area contributed by atoms with Gasteiger partial charge in [0.05, 0.1) is 12.3 Å². The van der Waals surface area contributed by atoms with Crippen LogP contribution in [-0.2, 0) is 11.3 Å². The molecule has 3 nitrogen and oxygen atoms in total. The molecular formula is C22H17ClN2O. The van der Waals surface area contributed by atoms with Gasteiger partial charge in [-0.15, -0.1) is 0 Å². The number of hydrogen-bond acceptors (Lipinski definition) is 2. The number of nitrogens with one attached hydrogen (secondary N) is 2. The first-order valence-corrected chi connectivity index (χ1v) is 9.00. The zero-order valence-electron chi connectivity index (χ0n) is 14.0. The third-order valence-electron chi connectivity index (χ3n) is 4.83. The van der Waals surface area contributed by atoms with Gasteiger partial charge in [0.1, 0.15) is 0 Å². The van der Waals surface area contributed by atoms with E-state index in [0.717, 1.165) is 38.6 Å². The van der Waals surface area contributed by atoms with Gasteiger partial charge in [-0.3, -0.25) is 0 Å². The average Bonchev–Trinajstić information content (AvgIpc) is 3.08. The molecule has 2 N–H and O–H groups in total. The molecule has 2 heterocycles. The van der Waals surface area contributed by atoms with Crippen molar-refractivity contribution >= 4 is 28.2 Å². The number of fused-ring (bicyclic) bond motifs is 2. The van der Waals surface area contributed by atoms with E-state index in [4.69, 9.17) is 16.3 Å². The summed E-state index contributed by atoms with van der Waals surface area (Å²) in [6.07, 6.45) is -0.227. The van der Waals surface area contributed by atoms with E-state index in [1.54, 1.807) is 0 Å². The largest absolute Gasteiger partial charge is 0.356 e. The maximum absolute atomic E-state index is 6.18. The summed E-state index contributed by atoms with van der Waals surface area (Å²) >= 11 is 6.11. The lowest BCUT2D eigenvalue weighted by Crippen LogP contribution is -2.21. The van der Waals surface area contributed by atoms with Crippen LogP contribution in [0.25, 0.3) is 22.2 Å². The van der Waals surface area contributed by atoms with E-state index in [9.17, 15) is 0 Å². The van der Waals surface area contributed by atoms with Crippen LogP contribution in [0.1, 0.15) is 17.4 Å². The number of para-hydroxylation sites is 1. The van der Waals surface area contributed by atoms with Gasteiger partial charge in [0.25, 0.3) is 0 Å². The van der Waals surface area contributed by atoms with Gasteiger partial charge < -0.3 is 15.0 Å². The van der Waals surface area contributed by atoms with Crippen molar-refractivity contribution in [2.75, 3.05) is 5.32 Å². The Bertz CT molecular complexity index is 1090. The predicted molar refractivity (Wildman–Crippen MR) is 106 cm³/mol. The molecule has 5 rings (SSSR count). The molecule has 0 amide bonds. The molecule has 0 radical (unpaired) electrons. The van der Waals surface area contributed by atoms with E-state index in [2.05, 4.69) is 52.8 Å². The molecule has 1 aliphatic rings. The third kappa shape index (κ3) is 2.57. The molecular weight excluding hydrogens is 344 g/mol. The monoisotopic (exact) mass is 360 g/mol. The summed E-state index contributed by atoms with van der Waals surface area (Å²) in [4.78, 5) is 3.57. The number of halogens is 1. The van der Waals surface area contributed by atoms with Crippen molar-refractivity contribution in [3.63, 3.8) is 0 Å². The molecule has 0 saturated heterocycles. The molecule has 4 heteroatoms. The zero-order chi connectivity index (χ0) is 17.5. The van der Waals surface area contributed by atoms with E-state index in [1.807, 2.05) is 30.3 Å². The number of hydrogen-bond donors (Lipinski definition) is 2. The van der Waals surface area contributed by atoms with E-state index in [-0.39, 0.29) is 6.23 Å². The van der Waals surface area contributed by atoms with Crippen LogP contribution in [0.15, 0.2) is 72.8 Å². The van der Waals surface area contributed by atoms with Crippen molar-refractivity contribution in [3.05, 3.63) is 88.9 Å². The minimum absolute atomic E-state index is 0.227. The maximum Gasteiger partial charge on any atom is 0.157 e. The number of ether oxygens (including phenoxy) is 1. The number of benzene rings is 3. The molecule has 1 atom stereocenters. The van der Waals surface area contributed by atoms with Gasteiger partial charge in [-0.1, -0.05) is 60.1 Å². The molecule has 1 aliphatic heterocycles. The minimum atomic E-state index is -0.227. The number of H-pyrrole nitrogens is 1. The molecule has 128 valence electrons. The number of aromatic nitrogens is 1. The van der Waals surface area contributed by atoms with Crippen LogP contribution in [-0.4, -0.2) is 4.98 Å². The number of rotatable bonds is 2. The van der Waals surface area contributed by atoms with Crippen molar-refractivity contribution in [2.24, 2.45) is 0 Å². The zero-order valence-corrected chi connectivity index (χ0v) is 14.8. The summed E-state index contributed by atoms with van der Waals surface area (Å²) in [7, 11) is 0. The second kappa shape index (κ2) is 6.20. The molecule has 0 spiro atoms. The lowest BCUT2D eigenvalue weighted by atomic mass is 10.0. The van der Waals surface area contributed by atoms with Crippen LogP contribution in [0.2, 0.25) is 5.02 Å². The first-order valence-electron chi connectivity index (χ1n) is 8.62. The molecule has 4 aromatic rings. The fourth-order valence-corrected chi connectivity index (χ4v) is 3.80. The van der Waals surface area contributed by atoms with Gasteiger partial charge >= 0.3 is 0 Å². The Morgan fingerprint density at radius 2 is 1.73 bits per heavy atom. The highest BCUT2D eigenvalue weighted by molar-refractivity contribution is 6.30. The molecule has 1 aromatic heterocycles. The molecule has 0 fully saturated rings. The van der Waals surface area contributed by atoms with Crippen LogP contribution in [0.5, 0.6) is 0 Å². The first-order chi connectivity index (χ1) is 12.8. The van der Waals surface area contributed by atoms with Crippen LogP contribution in [0.4, 0.5) is 5.69 Å². The van der Waals surface area contributed by atoms with Gasteiger partial charge in [0.2, 0.25) is 0 Å². The molecule has 3 aromatic carbocycles. The van der Waals surface area contributed by atoms with Crippen molar-refractivity contribution < 1.29 is 4.74 Å². The highest BCUT2D eigenvalue weighted by Crippen LogP contribution is 2.40. The topological polar surface area (TPSA) is 37.0 Å². The smallest absolute Gasteiger partial charge is 0.157 e. The Hall–Kier alpha value is -2.75. The van der Waals surface area contributed by atoms with Crippen molar-refractivity contribution in [2.45, 2.75) is 12.8 Å². The van der Waals surface area contributed by atoms with Gasteiger partial charge in [0.15, 0.2) is 6.23 Å². The highest BCUT2D eigenvalue weighted by atomic mass is 35.5. The summed E-state index contributed by atoms with van der Waals surface area (Å²) in [6.45, 7) is 0.529. The van der Waals surface area contributed by atoms with Gasteiger partial charge in [-0.2, -0.15) is 0 Å². The van der Waals surface area contributed by atoms with Crippen molar-refractivity contribution in [1.29, 1.82) is 0 Å². The molecule has 0 saturated carbocycles.